The minimum atomic E-state index is -0.420. The van der Waals surface area contributed by atoms with Gasteiger partial charge in [0.15, 0.2) is 0 Å². The summed E-state index contributed by atoms with van der Waals surface area (Å²) in [6.45, 7) is 2.87. The molecule has 2 amide bonds. The molecule has 76 valence electrons. The monoisotopic (exact) mass is 216 g/mol. The van der Waals surface area contributed by atoms with E-state index in [1.807, 2.05) is 0 Å². The van der Waals surface area contributed by atoms with Crippen molar-refractivity contribution in [2.45, 2.75) is 32.6 Å². The van der Waals surface area contributed by atoms with E-state index >= 15 is 0 Å². The number of amides is 2. The average Bonchev–Trinajstić information content (AvgIpc) is 1.87. The lowest BCUT2D eigenvalue weighted by Crippen LogP contribution is -2.29. The third-order valence-corrected chi connectivity index (χ3v) is 1.33. The minimum absolute atomic E-state index is 0. The number of rotatable bonds is 5. The van der Waals surface area contributed by atoms with Gasteiger partial charge in [0.25, 0.3) is 0 Å². The Morgan fingerprint density at radius 2 is 1.83 bits per heavy atom. The smallest absolute Gasteiger partial charge is 0.312 e. The second-order valence-electron chi connectivity index (χ2n) is 2.35. The molecule has 0 aromatic rings. The topological polar surface area (TPSA) is 55.1 Å². The van der Waals surface area contributed by atoms with Gasteiger partial charge >= 0.3 is 6.03 Å². The first-order valence-corrected chi connectivity index (χ1v) is 3.80. The molecule has 0 unspecified atom stereocenters. The second kappa shape index (κ2) is 13.4. The molecule has 0 aromatic heterocycles. The average molecular weight is 217 g/mol. The molecule has 3 N–H and O–H groups in total. The SMILES string of the molecule is CCCCCCNC(N)=O.Cl.Cl. The summed E-state index contributed by atoms with van der Waals surface area (Å²) in [5.74, 6) is 0. The minimum Gasteiger partial charge on any atom is -0.352 e. The van der Waals surface area contributed by atoms with E-state index in [2.05, 4.69) is 12.2 Å². The predicted molar refractivity (Wildman–Crippen MR) is 56.2 cm³/mol. The Kier molecular flexibility index (Phi) is 19.9. The fourth-order valence-electron chi connectivity index (χ4n) is 0.763. The van der Waals surface area contributed by atoms with Crippen molar-refractivity contribution in [2.75, 3.05) is 6.54 Å². The molecule has 0 rings (SSSR count). The number of hydrogen-bond acceptors (Lipinski definition) is 1. The summed E-state index contributed by atoms with van der Waals surface area (Å²) in [6.07, 6.45) is 4.67. The maximum Gasteiger partial charge on any atom is 0.312 e. The Balaban J connectivity index is -0.000000405. The van der Waals surface area contributed by atoms with Gasteiger partial charge in [-0.3, -0.25) is 0 Å². The third kappa shape index (κ3) is 16.4. The van der Waals surface area contributed by atoms with Crippen LogP contribution >= 0.6 is 24.8 Å². The van der Waals surface area contributed by atoms with Crippen LogP contribution in [0.15, 0.2) is 0 Å². The van der Waals surface area contributed by atoms with Gasteiger partial charge in [-0.05, 0) is 6.42 Å². The van der Waals surface area contributed by atoms with E-state index in [4.69, 9.17) is 5.73 Å². The van der Waals surface area contributed by atoms with Crippen LogP contribution in [0.25, 0.3) is 0 Å². The number of unbranched alkanes of at least 4 members (excludes halogenated alkanes) is 3. The molecule has 0 bridgehead atoms. The van der Waals surface area contributed by atoms with Crippen molar-refractivity contribution >= 4 is 30.8 Å². The van der Waals surface area contributed by atoms with E-state index in [1.54, 1.807) is 0 Å². The molecule has 0 spiro atoms. The molecule has 0 saturated carbocycles. The van der Waals surface area contributed by atoms with Crippen LogP contribution in [-0.2, 0) is 0 Å². The van der Waals surface area contributed by atoms with Crippen molar-refractivity contribution in [1.82, 2.24) is 5.32 Å². The van der Waals surface area contributed by atoms with Gasteiger partial charge in [0.05, 0.1) is 0 Å². The van der Waals surface area contributed by atoms with Crippen molar-refractivity contribution in [1.29, 1.82) is 0 Å². The molecule has 0 radical (unpaired) electrons. The highest BCUT2D eigenvalue weighted by atomic mass is 35.5. The highest BCUT2D eigenvalue weighted by Gasteiger charge is 1.89. The van der Waals surface area contributed by atoms with E-state index in [-0.39, 0.29) is 24.8 Å². The van der Waals surface area contributed by atoms with Crippen molar-refractivity contribution in [3.05, 3.63) is 0 Å². The van der Waals surface area contributed by atoms with Crippen molar-refractivity contribution in [3.8, 4) is 0 Å². The van der Waals surface area contributed by atoms with Crippen LogP contribution in [0.3, 0.4) is 0 Å². The maximum absolute atomic E-state index is 10.1. The van der Waals surface area contributed by atoms with E-state index < -0.39 is 6.03 Å². The number of nitrogens with one attached hydrogen (secondary N) is 1. The quantitative estimate of drug-likeness (QED) is 0.680. The first-order chi connectivity index (χ1) is 4.77. The molecule has 3 nitrogen and oxygen atoms in total. The Morgan fingerprint density at radius 1 is 1.25 bits per heavy atom. The van der Waals surface area contributed by atoms with Gasteiger partial charge in [0.1, 0.15) is 0 Å². The fraction of sp³-hybridized carbons (Fsp3) is 0.857. The van der Waals surface area contributed by atoms with E-state index in [9.17, 15) is 4.79 Å². The van der Waals surface area contributed by atoms with E-state index in [1.165, 1.54) is 19.3 Å². The van der Waals surface area contributed by atoms with Gasteiger partial charge in [-0.2, -0.15) is 0 Å². The first kappa shape index (κ1) is 17.8. The van der Waals surface area contributed by atoms with Crippen LogP contribution in [0.4, 0.5) is 4.79 Å². The van der Waals surface area contributed by atoms with Crippen molar-refractivity contribution < 1.29 is 4.79 Å². The Hall–Kier alpha value is -0.150. The molecule has 0 heterocycles. The summed E-state index contributed by atoms with van der Waals surface area (Å²) in [4.78, 5) is 10.1. The second-order valence-corrected chi connectivity index (χ2v) is 2.35. The number of carbonyl (C=O) groups is 1. The summed E-state index contributed by atoms with van der Waals surface area (Å²) in [5.41, 5.74) is 4.86. The molecule has 5 heteroatoms. The molecule has 12 heavy (non-hydrogen) atoms. The zero-order valence-electron chi connectivity index (χ0n) is 7.34. The van der Waals surface area contributed by atoms with Crippen molar-refractivity contribution in [3.63, 3.8) is 0 Å². The molecule has 0 atom stereocenters. The fourth-order valence-corrected chi connectivity index (χ4v) is 0.763. The predicted octanol–water partition coefficient (Wildman–Crippen LogP) is 2.08. The third-order valence-electron chi connectivity index (χ3n) is 1.33. The summed E-state index contributed by atoms with van der Waals surface area (Å²) in [7, 11) is 0. The Bertz CT molecular complexity index is 101. The van der Waals surface area contributed by atoms with Crippen LogP contribution in [0.2, 0.25) is 0 Å². The van der Waals surface area contributed by atoms with Crippen LogP contribution in [0.5, 0.6) is 0 Å². The van der Waals surface area contributed by atoms with Gasteiger partial charge in [0.2, 0.25) is 0 Å². The lowest BCUT2D eigenvalue weighted by Gasteiger charge is -1.99. The van der Waals surface area contributed by atoms with Gasteiger partial charge < -0.3 is 11.1 Å². The highest BCUT2D eigenvalue weighted by molar-refractivity contribution is 5.85. The molecule has 0 fully saturated rings. The molecule has 0 saturated heterocycles. The zero-order chi connectivity index (χ0) is 7.82. The molecule has 0 aromatic carbocycles. The number of carbonyl (C=O) groups excluding carboxylic acids is 1. The first-order valence-electron chi connectivity index (χ1n) is 3.80. The van der Waals surface area contributed by atoms with Crippen LogP contribution in [0, 0.1) is 0 Å². The summed E-state index contributed by atoms with van der Waals surface area (Å²) >= 11 is 0. The zero-order valence-corrected chi connectivity index (χ0v) is 8.97. The van der Waals surface area contributed by atoms with Crippen molar-refractivity contribution in [2.24, 2.45) is 5.73 Å². The normalized spacial score (nSPS) is 7.75. The number of primary amides is 1. The molecule has 0 aliphatic carbocycles. The van der Waals surface area contributed by atoms with Gasteiger partial charge in [-0.25, -0.2) is 4.79 Å². The van der Waals surface area contributed by atoms with Crippen LogP contribution in [0.1, 0.15) is 32.6 Å². The number of halogens is 2. The number of hydrogen-bond donors (Lipinski definition) is 2. The molecule has 0 aliphatic heterocycles. The number of urea groups is 1. The lowest BCUT2D eigenvalue weighted by atomic mass is 10.2. The van der Waals surface area contributed by atoms with Gasteiger partial charge in [-0.15, -0.1) is 24.8 Å². The standard InChI is InChI=1S/C7H16N2O.2ClH/c1-2-3-4-5-6-9-7(8)10;;/h2-6H2,1H3,(H3,8,9,10);2*1H. The van der Waals surface area contributed by atoms with Crippen LogP contribution < -0.4 is 11.1 Å². The lowest BCUT2D eigenvalue weighted by molar-refractivity contribution is 0.248. The maximum atomic E-state index is 10.1. The Labute approximate surface area is 86.3 Å². The molecular weight excluding hydrogens is 199 g/mol. The van der Waals surface area contributed by atoms with E-state index in [0.717, 1.165) is 13.0 Å². The van der Waals surface area contributed by atoms with E-state index in [0.29, 0.717) is 0 Å². The van der Waals surface area contributed by atoms with Gasteiger partial charge in [-0.1, -0.05) is 26.2 Å². The summed E-state index contributed by atoms with van der Waals surface area (Å²) < 4.78 is 0. The molecular formula is C7H18Cl2N2O. The largest absolute Gasteiger partial charge is 0.352 e. The molecule has 0 aliphatic rings. The number of nitrogens with two attached hydrogens (primary N) is 1. The highest BCUT2D eigenvalue weighted by Crippen LogP contribution is 1.96. The Morgan fingerprint density at radius 3 is 2.25 bits per heavy atom. The van der Waals surface area contributed by atoms with Gasteiger partial charge in [0, 0.05) is 6.54 Å². The summed E-state index contributed by atoms with van der Waals surface area (Å²) in [6, 6.07) is -0.420. The van der Waals surface area contributed by atoms with Crippen LogP contribution in [-0.4, -0.2) is 12.6 Å². The summed E-state index contributed by atoms with van der Waals surface area (Å²) in [5, 5.41) is 2.54.